The van der Waals surface area contributed by atoms with Gasteiger partial charge in [0.05, 0.1) is 5.75 Å². The number of thioether (sulfide) groups is 1. The maximum absolute atomic E-state index is 11.8. The molecule has 0 saturated heterocycles. The number of anilines is 2. The average Bonchev–Trinajstić information content (AvgIpc) is 2.42. The van der Waals surface area contributed by atoms with E-state index in [0.717, 1.165) is 4.90 Å². The summed E-state index contributed by atoms with van der Waals surface area (Å²) in [6, 6.07) is 12.1. The van der Waals surface area contributed by atoms with E-state index in [-0.39, 0.29) is 11.7 Å². The molecule has 2 rings (SSSR count). The van der Waals surface area contributed by atoms with E-state index < -0.39 is 0 Å². The summed E-state index contributed by atoms with van der Waals surface area (Å²) in [4.78, 5) is 12.6. The fourth-order valence-corrected chi connectivity index (χ4v) is 2.67. The van der Waals surface area contributed by atoms with Gasteiger partial charge in [0.25, 0.3) is 0 Å². The number of nitrogens with one attached hydrogen (secondary N) is 1. The van der Waals surface area contributed by atoms with E-state index in [4.69, 9.17) is 28.9 Å². The first kappa shape index (κ1) is 15.0. The highest BCUT2D eigenvalue weighted by atomic mass is 35.5. The predicted octanol–water partition coefficient (Wildman–Crippen LogP) is 4.31. The van der Waals surface area contributed by atoms with Crippen molar-refractivity contribution in [2.45, 2.75) is 4.90 Å². The molecule has 20 heavy (non-hydrogen) atoms. The minimum Gasteiger partial charge on any atom is -0.398 e. The summed E-state index contributed by atoms with van der Waals surface area (Å²) in [5.41, 5.74) is 7.14. The van der Waals surface area contributed by atoms with Crippen molar-refractivity contribution in [3.8, 4) is 0 Å². The van der Waals surface area contributed by atoms with Crippen LogP contribution in [0.3, 0.4) is 0 Å². The molecule has 0 atom stereocenters. The molecule has 0 radical (unpaired) electrons. The van der Waals surface area contributed by atoms with E-state index in [0.29, 0.717) is 21.4 Å². The topological polar surface area (TPSA) is 55.1 Å². The van der Waals surface area contributed by atoms with Crippen LogP contribution in [-0.4, -0.2) is 11.7 Å². The van der Waals surface area contributed by atoms with E-state index in [1.54, 1.807) is 42.5 Å². The standard InChI is InChI=1S/C14H12Cl2N2OS/c15-9-1-4-11(5-2-9)18-14(19)8-20-13-7-10(16)3-6-12(13)17/h1-7H,8,17H2,(H,18,19). The summed E-state index contributed by atoms with van der Waals surface area (Å²) in [7, 11) is 0. The van der Waals surface area contributed by atoms with Crippen molar-refractivity contribution >= 4 is 52.2 Å². The number of hydrogen-bond donors (Lipinski definition) is 2. The van der Waals surface area contributed by atoms with Gasteiger partial charge in [-0.3, -0.25) is 4.79 Å². The Bertz CT molecular complexity index is 617. The number of carbonyl (C=O) groups excluding carboxylic acids is 1. The molecule has 2 aromatic carbocycles. The van der Waals surface area contributed by atoms with Gasteiger partial charge in [-0.05, 0) is 42.5 Å². The Kier molecular flexibility index (Phi) is 5.17. The molecule has 0 saturated carbocycles. The third-order valence-corrected chi connectivity index (χ3v) is 4.02. The van der Waals surface area contributed by atoms with Crippen molar-refractivity contribution in [1.29, 1.82) is 0 Å². The molecule has 3 nitrogen and oxygen atoms in total. The van der Waals surface area contributed by atoms with Crippen LogP contribution < -0.4 is 11.1 Å². The van der Waals surface area contributed by atoms with Gasteiger partial charge in [-0.25, -0.2) is 0 Å². The van der Waals surface area contributed by atoms with Gasteiger partial charge in [-0.15, -0.1) is 11.8 Å². The van der Waals surface area contributed by atoms with Crippen LogP contribution in [0, 0.1) is 0 Å². The van der Waals surface area contributed by atoms with E-state index >= 15 is 0 Å². The Morgan fingerprint density at radius 2 is 1.75 bits per heavy atom. The third kappa shape index (κ3) is 4.34. The van der Waals surface area contributed by atoms with Crippen molar-refractivity contribution < 1.29 is 4.79 Å². The van der Waals surface area contributed by atoms with Crippen LogP contribution >= 0.6 is 35.0 Å². The molecule has 0 aromatic heterocycles. The summed E-state index contributed by atoms with van der Waals surface area (Å²) in [6.07, 6.45) is 0. The predicted molar refractivity (Wildman–Crippen MR) is 86.7 cm³/mol. The Labute approximate surface area is 131 Å². The highest BCUT2D eigenvalue weighted by Crippen LogP contribution is 2.28. The van der Waals surface area contributed by atoms with Crippen molar-refractivity contribution in [2.75, 3.05) is 16.8 Å². The number of amides is 1. The first-order chi connectivity index (χ1) is 9.54. The molecule has 0 aliphatic heterocycles. The van der Waals surface area contributed by atoms with Gasteiger partial charge >= 0.3 is 0 Å². The minimum atomic E-state index is -0.114. The monoisotopic (exact) mass is 326 g/mol. The molecule has 0 bridgehead atoms. The lowest BCUT2D eigenvalue weighted by Gasteiger charge is -2.07. The lowest BCUT2D eigenvalue weighted by molar-refractivity contribution is -0.113. The molecule has 0 unspecified atom stereocenters. The Morgan fingerprint density at radius 1 is 1.10 bits per heavy atom. The van der Waals surface area contributed by atoms with Crippen LogP contribution in [0.1, 0.15) is 0 Å². The molecule has 104 valence electrons. The van der Waals surface area contributed by atoms with E-state index in [1.807, 2.05) is 0 Å². The van der Waals surface area contributed by atoms with Crippen LogP contribution in [0.5, 0.6) is 0 Å². The second-order valence-electron chi connectivity index (χ2n) is 4.03. The zero-order chi connectivity index (χ0) is 14.5. The molecule has 3 N–H and O–H groups in total. The van der Waals surface area contributed by atoms with E-state index in [9.17, 15) is 4.79 Å². The zero-order valence-electron chi connectivity index (χ0n) is 10.4. The maximum Gasteiger partial charge on any atom is 0.234 e. The van der Waals surface area contributed by atoms with Gasteiger partial charge in [-0.2, -0.15) is 0 Å². The summed E-state index contributed by atoms with van der Waals surface area (Å²) < 4.78 is 0. The van der Waals surface area contributed by atoms with Gasteiger partial charge in [-0.1, -0.05) is 23.2 Å². The third-order valence-electron chi connectivity index (χ3n) is 2.46. The van der Waals surface area contributed by atoms with Crippen molar-refractivity contribution in [2.24, 2.45) is 0 Å². The normalized spacial score (nSPS) is 10.3. The Morgan fingerprint density at radius 3 is 2.45 bits per heavy atom. The molecular weight excluding hydrogens is 315 g/mol. The van der Waals surface area contributed by atoms with Crippen LogP contribution in [0.25, 0.3) is 0 Å². The lowest BCUT2D eigenvalue weighted by atomic mass is 10.3. The summed E-state index contributed by atoms with van der Waals surface area (Å²) in [5.74, 6) is 0.143. The number of halogens is 2. The van der Waals surface area contributed by atoms with E-state index in [2.05, 4.69) is 5.32 Å². The SMILES string of the molecule is Nc1ccc(Cl)cc1SCC(=O)Nc1ccc(Cl)cc1. The average molecular weight is 327 g/mol. The molecule has 0 spiro atoms. The first-order valence-corrected chi connectivity index (χ1v) is 7.52. The van der Waals surface area contributed by atoms with Gasteiger partial charge in [0.2, 0.25) is 5.91 Å². The minimum absolute atomic E-state index is 0.114. The maximum atomic E-state index is 11.8. The van der Waals surface area contributed by atoms with Crippen LogP contribution in [0.4, 0.5) is 11.4 Å². The summed E-state index contributed by atoms with van der Waals surface area (Å²) in [6.45, 7) is 0. The van der Waals surface area contributed by atoms with Crippen LogP contribution in [0.15, 0.2) is 47.4 Å². The molecule has 0 heterocycles. The molecule has 1 amide bonds. The highest BCUT2D eigenvalue weighted by molar-refractivity contribution is 8.00. The van der Waals surface area contributed by atoms with Gasteiger partial charge < -0.3 is 11.1 Å². The molecular formula is C14H12Cl2N2OS. The smallest absolute Gasteiger partial charge is 0.234 e. The molecule has 2 aromatic rings. The largest absolute Gasteiger partial charge is 0.398 e. The second-order valence-corrected chi connectivity index (χ2v) is 5.92. The van der Waals surface area contributed by atoms with E-state index in [1.165, 1.54) is 11.8 Å². The fraction of sp³-hybridized carbons (Fsp3) is 0.0714. The second kappa shape index (κ2) is 6.88. The Hall–Kier alpha value is -1.36. The number of nitrogens with two attached hydrogens (primary N) is 1. The van der Waals surface area contributed by atoms with Gasteiger partial charge in [0.1, 0.15) is 0 Å². The number of benzene rings is 2. The number of hydrogen-bond acceptors (Lipinski definition) is 3. The zero-order valence-corrected chi connectivity index (χ0v) is 12.7. The first-order valence-electron chi connectivity index (χ1n) is 5.78. The lowest BCUT2D eigenvalue weighted by Crippen LogP contribution is -2.13. The Balaban J connectivity index is 1.92. The number of nitrogen functional groups attached to an aromatic ring is 1. The molecule has 6 heteroatoms. The van der Waals surface area contributed by atoms with Crippen LogP contribution in [-0.2, 0) is 4.79 Å². The summed E-state index contributed by atoms with van der Waals surface area (Å²) in [5, 5.41) is 4.01. The summed E-state index contributed by atoms with van der Waals surface area (Å²) >= 11 is 13.0. The van der Waals surface area contributed by atoms with Gasteiger partial charge in [0, 0.05) is 26.3 Å². The fourth-order valence-electron chi connectivity index (χ4n) is 1.51. The van der Waals surface area contributed by atoms with Gasteiger partial charge in [0.15, 0.2) is 0 Å². The number of rotatable bonds is 4. The molecule has 0 fully saturated rings. The van der Waals surface area contributed by atoms with Crippen LogP contribution in [0.2, 0.25) is 10.0 Å². The number of carbonyl (C=O) groups is 1. The highest BCUT2D eigenvalue weighted by Gasteiger charge is 2.06. The van der Waals surface area contributed by atoms with Crippen molar-refractivity contribution in [1.82, 2.24) is 0 Å². The van der Waals surface area contributed by atoms with Crippen molar-refractivity contribution in [3.63, 3.8) is 0 Å². The molecule has 0 aliphatic rings. The molecule has 0 aliphatic carbocycles. The quantitative estimate of drug-likeness (QED) is 0.650. The van der Waals surface area contributed by atoms with Crippen molar-refractivity contribution in [3.05, 3.63) is 52.5 Å².